The van der Waals surface area contributed by atoms with Crippen LogP contribution < -0.4 is 11.1 Å². The number of carbonyl (C=O) groups is 1. The third kappa shape index (κ3) is 4.49. The molecule has 0 saturated heterocycles. The predicted octanol–water partition coefficient (Wildman–Crippen LogP) is 3.35. The number of aromatic nitrogens is 1. The molecular weight excluding hydrogens is 282 g/mol. The van der Waals surface area contributed by atoms with Crippen LogP contribution in [0.5, 0.6) is 0 Å². The highest BCUT2D eigenvalue weighted by Gasteiger charge is 2.14. The van der Waals surface area contributed by atoms with Gasteiger partial charge < -0.3 is 11.1 Å². The van der Waals surface area contributed by atoms with E-state index in [9.17, 15) is 4.79 Å². The normalized spacial score (nSPS) is 11.9. The fourth-order valence-corrected chi connectivity index (χ4v) is 2.62. The van der Waals surface area contributed by atoms with Crippen LogP contribution in [-0.4, -0.2) is 16.1 Å². The maximum Gasteiger partial charge on any atom is 0.237 e. The molecule has 110 valence electrons. The number of nitrogen functional groups attached to an aromatic ring is 1. The summed E-state index contributed by atoms with van der Waals surface area (Å²) in [7, 11) is 0. The maximum atomic E-state index is 12.2. The first kappa shape index (κ1) is 15.4. The minimum atomic E-state index is -0.207. The lowest BCUT2D eigenvalue weighted by Gasteiger charge is -2.12. The number of amides is 1. The molecule has 1 atom stereocenters. The molecule has 0 radical (unpaired) electrons. The van der Waals surface area contributed by atoms with E-state index in [1.807, 2.05) is 37.3 Å². The Morgan fingerprint density at radius 2 is 2.00 bits per heavy atom. The highest BCUT2D eigenvalue weighted by Crippen LogP contribution is 2.24. The number of pyridine rings is 1. The molecule has 5 heteroatoms. The van der Waals surface area contributed by atoms with Gasteiger partial charge in [0.2, 0.25) is 5.91 Å². The SMILES string of the molecule is CCc1ccc(NC(=O)C(C)Sc2ccc(N)nc2)cc1. The van der Waals surface area contributed by atoms with Crippen molar-refractivity contribution in [3.63, 3.8) is 0 Å². The number of benzene rings is 1. The van der Waals surface area contributed by atoms with Gasteiger partial charge in [-0.1, -0.05) is 19.1 Å². The average molecular weight is 301 g/mol. The van der Waals surface area contributed by atoms with Crippen molar-refractivity contribution >= 4 is 29.2 Å². The number of aryl methyl sites for hydroxylation is 1. The van der Waals surface area contributed by atoms with E-state index >= 15 is 0 Å². The van der Waals surface area contributed by atoms with Gasteiger partial charge in [0, 0.05) is 16.8 Å². The second kappa shape index (κ2) is 7.13. The van der Waals surface area contributed by atoms with Crippen LogP contribution in [0.25, 0.3) is 0 Å². The van der Waals surface area contributed by atoms with Gasteiger partial charge in [0.1, 0.15) is 5.82 Å². The van der Waals surface area contributed by atoms with E-state index in [-0.39, 0.29) is 11.2 Å². The molecule has 2 rings (SSSR count). The van der Waals surface area contributed by atoms with Crippen molar-refractivity contribution < 1.29 is 4.79 Å². The zero-order chi connectivity index (χ0) is 15.2. The third-order valence-corrected chi connectivity index (χ3v) is 4.15. The van der Waals surface area contributed by atoms with Crippen LogP contribution in [0.3, 0.4) is 0 Å². The van der Waals surface area contributed by atoms with E-state index in [2.05, 4.69) is 17.2 Å². The predicted molar refractivity (Wildman–Crippen MR) is 88.4 cm³/mol. The van der Waals surface area contributed by atoms with E-state index in [1.54, 1.807) is 12.3 Å². The number of nitrogens with one attached hydrogen (secondary N) is 1. The molecule has 0 aliphatic heterocycles. The zero-order valence-corrected chi connectivity index (χ0v) is 13.0. The summed E-state index contributed by atoms with van der Waals surface area (Å²) in [6, 6.07) is 11.5. The van der Waals surface area contributed by atoms with Gasteiger partial charge >= 0.3 is 0 Å². The molecule has 1 aromatic carbocycles. The van der Waals surface area contributed by atoms with Crippen molar-refractivity contribution in [3.8, 4) is 0 Å². The van der Waals surface area contributed by atoms with Crippen molar-refractivity contribution in [2.45, 2.75) is 30.4 Å². The zero-order valence-electron chi connectivity index (χ0n) is 12.2. The fraction of sp³-hybridized carbons (Fsp3) is 0.250. The number of anilines is 2. The number of nitrogens with two attached hydrogens (primary N) is 1. The molecular formula is C16H19N3OS. The lowest BCUT2D eigenvalue weighted by atomic mass is 10.1. The van der Waals surface area contributed by atoms with Gasteiger partial charge in [-0.15, -0.1) is 11.8 Å². The van der Waals surface area contributed by atoms with Crippen LogP contribution in [0.4, 0.5) is 11.5 Å². The lowest BCUT2D eigenvalue weighted by Crippen LogP contribution is -2.22. The summed E-state index contributed by atoms with van der Waals surface area (Å²) in [6.45, 7) is 3.98. The largest absolute Gasteiger partial charge is 0.384 e. The second-order valence-electron chi connectivity index (χ2n) is 4.72. The Bertz CT molecular complexity index is 596. The molecule has 2 aromatic rings. The third-order valence-electron chi connectivity index (χ3n) is 3.07. The van der Waals surface area contributed by atoms with Gasteiger partial charge in [0.25, 0.3) is 0 Å². The quantitative estimate of drug-likeness (QED) is 0.831. The van der Waals surface area contributed by atoms with Crippen LogP contribution in [0.2, 0.25) is 0 Å². The first-order chi connectivity index (χ1) is 10.1. The summed E-state index contributed by atoms with van der Waals surface area (Å²) in [5, 5.41) is 2.71. The van der Waals surface area contributed by atoms with Gasteiger partial charge in [-0.25, -0.2) is 4.98 Å². The lowest BCUT2D eigenvalue weighted by molar-refractivity contribution is -0.115. The Balaban J connectivity index is 1.93. The molecule has 1 aromatic heterocycles. The van der Waals surface area contributed by atoms with Crippen molar-refractivity contribution in [2.75, 3.05) is 11.1 Å². The van der Waals surface area contributed by atoms with Crippen molar-refractivity contribution in [1.82, 2.24) is 4.98 Å². The Hall–Kier alpha value is -2.01. The highest BCUT2D eigenvalue weighted by atomic mass is 32.2. The van der Waals surface area contributed by atoms with E-state index in [0.717, 1.165) is 17.0 Å². The Morgan fingerprint density at radius 3 is 2.57 bits per heavy atom. The van der Waals surface area contributed by atoms with Gasteiger partial charge in [0.15, 0.2) is 0 Å². The molecule has 1 unspecified atom stereocenters. The fourth-order valence-electron chi connectivity index (χ4n) is 1.79. The van der Waals surface area contributed by atoms with Gasteiger partial charge in [-0.05, 0) is 43.2 Å². The summed E-state index contributed by atoms with van der Waals surface area (Å²) in [5.41, 5.74) is 7.62. The van der Waals surface area contributed by atoms with E-state index in [0.29, 0.717) is 5.82 Å². The topological polar surface area (TPSA) is 68.0 Å². The number of nitrogens with zero attached hydrogens (tertiary/aromatic N) is 1. The number of hydrogen-bond acceptors (Lipinski definition) is 4. The Kier molecular flexibility index (Phi) is 5.22. The van der Waals surface area contributed by atoms with Crippen LogP contribution in [-0.2, 0) is 11.2 Å². The summed E-state index contributed by atoms with van der Waals surface area (Å²) in [6.07, 6.45) is 2.67. The van der Waals surface area contributed by atoms with Crippen molar-refractivity contribution in [1.29, 1.82) is 0 Å². The van der Waals surface area contributed by atoms with Crippen LogP contribution in [0.1, 0.15) is 19.4 Å². The molecule has 0 aliphatic carbocycles. The second-order valence-corrected chi connectivity index (χ2v) is 6.13. The molecule has 1 amide bonds. The van der Waals surface area contributed by atoms with E-state index < -0.39 is 0 Å². The minimum Gasteiger partial charge on any atom is -0.384 e. The van der Waals surface area contributed by atoms with Gasteiger partial charge in [0.05, 0.1) is 5.25 Å². The molecule has 0 saturated carbocycles. The number of thioether (sulfide) groups is 1. The number of rotatable bonds is 5. The van der Waals surface area contributed by atoms with Gasteiger partial charge in [-0.3, -0.25) is 4.79 Å². The monoisotopic (exact) mass is 301 g/mol. The standard InChI is InChI=1S/C16H19N3OS/c1-3-12-4-6-13(7-5-12)19-16(20)11(2)21-14-8-9-15(17)18-10-14/h4-11H,3H2,1-2H3,(H2,17,18)(H,19,20). The summed E-state index contributed by atoms with van der Waals surface area (Å²) in [5.74, 6) is 0.452. The number of hydrogen-bond donors (Lipinski definition) is 2. The molecule has 21 heavy (non-hydrogen) atoms. The summed E-state index contributed by atoms with van der Waals surface area (Å²) in [4.78, 5) is 17.1. The average Bonchev–Trinajstić information content (AvgIpc) is 2.50. The molecule has 0 spiro atoms. The van der Waals surface area contributed by atoms with E-state index in [4.69, 9.17) is 5.73 Å². The molecule has 3 N–H and O–H groups in total. The first-order valence-electron chi connectivity index (χ1n) is 6.86. The van der Waals surface area contributed by atoms with Crippen LogP contribution >= 0.6 is 11.8 Å². The van der Waals surface area contributed by atoms with E-state index in [1.165, 1.54) is 17.3 Å². The van der Waals surface area contributed by atoms with Crippen LogP contribution in [0.15, 0.2) is 47.5 Å². The molecule has 4 nitrogen and oxygen atoms in total. The molecule has 1 heterocycles. The molecule has 0 aliphatic rings. The van der Waals surface area contributed by atoms with Crippen molar-refractivity contribution in [2.24, 2.45) is 0 Å². The van der Waals surface area contributed by atoms with Crippen LogP contribution in [0, 0.1) is 0 Å². The first-order valence-corrected chi connectivity index (χ1v) is 7.74. The minimum absolute atomic E-state index is 0.0268. The van der Waals surface area contributed by atoms with Gasteiger partial charge in [-0.2, -0.15) is 0 Å². The smallest absolute Gasteiger partial charge is 0.237 e. The Labute approximate surface area is 129 Å². The molecule has 0 fully saturated rings. The Morgan fingerprint density at radius 1 is 1.29 bits per heavy atom. The highest BCUT2D eigenvalue weighted by molar-refractivity contribution is 8.00. The summed E-state index contributed by atoms with van der Waals surface area (Å²) < 4.78 is 0. The maximum absolute atomic E-state index is 12.2. The molecule has 0 bridgehead atoms. The number of carbonyl (C=O) groups excluding carboxylic acids is 1. The van der Waals surface area contributed by atoms with Crippen molar-refractivity contribution in [3.05, 3.63) is 48.2 Å². The summed E-state index contributed by atoms with van der Waals surface area (Å²) >= 11 is 1.46.